The van der Waals surface area contributed by atoms with Crippen LogP contribution in [0.25, 0.3) is 23.1 Å². The standard InChI is InChI=1S/C26H35N5O2Si/c1-29-11-13-30(14-12-29)26-10-7-21(18-27-26)6-9-24-23-8-5-22(19-32)17-25(23)31(28-24)20-33-15-16-34(2,3)4/h5-10,17-19H,11-16,20H2,1-4H3/b9-6+. The number of likely N-dealkylation sites (N-methyl/N-ethyl adjacent to an activating group) is 1. The van der Waals surface area contributed by atoms with Crippen LogP contribution in [-0.4, -0.2) is 73.9 Å². The number of pyridine rings is 1. The molecule has 0 N–H and O–H groups in total. The molecule has 0 bridgehead atoms. The van der Waals surface area contributed by atoms with Crippen LogP contribution in [0.4, 0.5) is 5.82 Å². The fraction of sp³-hybridized carbons (Fsp3) is 0.423. The minimum atomic E-state index is -1.15. The van der Waals surface area contributed by atoms with Gasteiger partial charge in [-0.2, -0.15) is 5.10 Å². The Bertz CT molecular complexity index is 1140. The maximum absolute atomic E-state index is 11.3. The summed E-state index contributed by atoms with van der Waals surface area (Å²) in [6.07, 6.45) is 6.82. The van der Waals surface area contributed by atoms with Gasteiger partial charge in [0.25, 0.3) is 0 Å². The van der Waals surface area contributed by atoms with Crippen molar-refractivity contribution >= 4 is 43.2 Å². The third-order valence-electron chi connectivity index (χ3n) is 6.18. The van der Waals surface area contributed by atoms with E-state index in [1.807, 2.05) is 41.2 Å². The molecule has 0 atom stereocenters. The normalized spacial score (nSPS) is 15.5. The lowest BCUT2D eigenvalue weighted by molar-refractivity contribution is 0.0816. The molecule has 3 aromatic rings. The molecule has 1 fully saturated rings. The van der Waals surface area contributed by atoms with Crippen molar-refractivity contribution in [3.8, 4) is 0 Å². The van der Waals surface area contributed by atoms with Crippen LogP contribution in [0.3, 0.4) is 0 Å². The Morgan fingerprint density at radius 3 is 2.47 bits per heavy atom. The SMILES string of the molecule is CN1CCN(c2ccc(/C=C/c3nn(COCC[Si](C)(C)C)c4cc(C=O)ccc34)cn2)CC1. The van der Waals surface area contributed by atoms with E-state index >= 15 is 0 Å². The molecule has 0 amide bonds. The van der Waals surface area contributed by atoms with Gasteiger partial charge in [0, 0.05) is 58.0 Å². The van der Waals surface area contributed by atoms with Gasteiger partial charge in [-0.25, -0.2) is 9.67 Å². The molecule has 0 aliphatic carbocycles. The first-order chi connectivity index (χ1) is 16.3. The number of carbonyl (C=O) groups is 1. The van der Waals surface area contributed by atoms with Gasteiger partial charge in [-0.15, -0.1) is 0 Å². The molecule has 3 heterocycles. The van der Waals surface area contributed by atoms with Crippen molar-refractivity contribution in [2.45, 2.75) is 32.4 Å². The molecule has 1 saturated heterocycles. The number of aromatic nitrogens is 3. The van der Waals surface area contributed by atoms with Crippen LogP contribution in [0.5, 0.6) is 0 Å². The van der Waals surface area contributed by atoms with Crippen LogP contribution in [0.15, 0.2) is 36.5 Å². The summed E-state index contributed by atoms with van der Waals surface area (Å²) in [6.45, 7) is 12.2. The predicted octanol–water partition coefficient (Wildman–Crippen LogP) is 4.48. The molecular formula is C26H35N5O2Si. The van der Waals surface area contributed by atoms with Crippen LogP contribution in [-0.2, 0) is 11.5 Å². The molecule has 1 aliphatic rings. The lowest BCUT2D eigenvalue weighted by Gasteiger charge is -2.33. The van der Waals surface area contributed by atoms with Crippen LogP contribution in [0.1, 0.15) is 21.6 Å². The van der Waals surface area contributed by atoms with Gasteiger partial charge in [0.2, 0.25) is 0 Å². The zero-order chi connectivity index (χ0) is 24.1. The van der Waals surface area contributed by atoms with Gasteiger partial charge in [0.05, 0.1) is 11.2 Å². The number of carbonyl (C=O) groups excluding carboxylic acids is 1. The largest absolute Gasteiger partial charge is 0.360 e. The second-order valence-electron chi connectivity index (χ2n) is 10.2. The summed E-state index contributed by atoms with van der Waals surface area (Å²) < 4.78 is 7.78. The number of hydrogen-bond donors (Lipinski definition) is 0. The first-order valence-corrected chi connectivity index (χ1v) is 15.6. The van der Waals surface area contributed by atoms with E-state index < -0.39 is 8.07 Å². The number of rotatable bonds is 9. The zero-order valence-electron chi connectivity index (χ0n) is 20.7. The second-order valence-corrected chi connectivity index (χ2v) is 15.8. The van der Waals surface area contributed by atoms with Crippen molar-refractivity contribution in [1.82, 2.24) is 19.7 Å². The third kappa shape index (κ3) is 6.19. The average molecular weight is 478 g/mol. The smallest absolute Gasteiger partial charge is 0.150 e. The number of benzene rings is 1. The van der Waals surface area contributed by atoms with Crippen molar-refractivity contribution < 1.29 is 9.53 Å². The highest BCUT2D eigenvalue weighted by Gasteiger charge is 2.15. The fourth-order valence-corrected chi connectivity index (χ4v) is 4.69. The van der Waals surface area contributed by atoms with Crippen molar-refractivity contribution in [2.75, 3.05) is 44.7 Å². The van der Waals surface area contributed by atoms with Gasteiger partial charge < -0.3 is 14.5 Å². The number of anilines is 1. The van der Waals surface area contributed by atoms with Crippen LogP contribution < -0.4 is 4.90 Å². The minimum Gasteiger partial charge on any atom is -0.360 e. The number of nitrogens with zero attached hydrogens (tertiary/aromatic N) is 5. The van der Waals surface area contributed by atoms with E-state index in [0.29, 0.717) is 12.3 Å². The Balaban J connectivity index is 1.50. The Morgan fingerprint density at radius 2 is 1.79 bits per heavy atom. The predicted molar refractivity (Wildman–Crippen MR) is 142 cm³/mol. The molecule has 0 radical (unpaired) electrons. The summed E-state index contributed by atoms with van der Waals surface area (Å²) in [5, 5.41) is 5.78. The van der Waals surface area contributed by atoms with Gasteiger partial charge in [-0.05, 0) is 49.0 Å². The molecule has 180 valence electrons. The summed E-state index contributed by atoms with van der Waals surface area (Å²) in [7, 11) is 1.01. The summed E-state index contributed by atoms with van der Waals surface area (Å²) in [5.74, 6) is 1.02. The molecule has 1 aromatic carbocycles. The van der Waals surface area contributed by atoms with Crippen LogP contribution >= 0.6 is 0 Å². The first-order valence-electron chi connectivity index (χ1n) is 11.9. The van der Waals surface area contributed by atoms with Crippen LogP contribution in [0.2, 0.25) is 25.7 Å². The number of hydrogen-bond acceptors (Lipinski definition) is 6. The summed E-state index contributed by atoms with van der Waals surface area (Å²) in [5.41, 5.74) is 3.41. The Kier molecular flexibility index (Phi) is 7.60. The maximum atomic E-state index is 11.3. The Labute approximate surface area is 203 Å². The zero-order valence-corrected chi connectivity index (χ0v) is 21.7. The topological polar surface area (TPSA) is 63.5 Å². The van der Waals surface area contributed by atoms with Gasteiger partial charge >= 0.3 is 0 Å². The third-order valence-corrected chi connectivity index (χ3v) is 7.89. The highest BCUT2D eigenvalue weighted by Crippen LogP contribution is 2.23. The van der Waals surface area contributed by atoms with E-state index in [1.165, 1.54) is 0 Å². The number of ether oxygens (including phenoxy) is 1. The van der Waals surface area contributed by atoms with Crippen molar-refractivity contribution in [1.29, 1.82) is 0 Å². The summed E-state index contributed by atoms with van der Waals surface area (Å²) >= 11 is 0. The van der Waals surface area contributed by atoms with Crippen molar-refractivity contribution in [2.24, 2.45) is 0 Å². The van der Waals surface area contributed by atoms with Crippen molar-refractivity contribution in [3.63, 3.8) is 0 Å². The molecule has 34 heavy (non-hydrogen) atoms. The Hall–Kier alpha value is -2.81. The van der Waals surface area contributed by atoms with Crippen molar-refractivity contribution in [3.05, 3.63) is 53.3 Å². The molecule has 0 saturated carbocycles. The van der Waals surface area contributed by atoms with Gasteiger partial charge in [0.15, 0.2) is 0 Å². The highest BCUT2D eigenvalue weighted by molar-refractivity contribution is 6.76. The molecule has 1 aliphatic heterocycles. The minimum absolute atomic E-state index is 0.373. The molecule has 8 heteroatoms. The van der Waals surface area contributed by atoms with E-state index in [4.69, 9.17) is 9.84 Å². The summed E-state index contributed by atoms with van der Waals surface area (Å²) in [4.78, 5) is 20.7. The first kappa shape index (κ1) is 24.3. The highest BCUT2D eigenvalue weighted by atomic mass is 28.3. The van der Waals surface area contributed by atoms with Gasteiger partial charge in [-0.3, -0.25) is 4.79 Å². The molecule has 7 nitrogen and oxygen atoms in total. The number of piperazine rings is 1. The second kappa shape index (κ2) is 10.6. The van der Waals surface area contributed by atoms with E-state index in [1.54, 1.807) is 0 Å². The molecule has 4 rings (SSSR count). The molecule has 2 aromatic heterocycles. The number of aldehydes is 1. The average Bonchev–Trinajstić information content (AvgIpc) is 3.17. The van der Waals surface area contributed by atoms with E-state index in [-0.39, 0.29) is 0 Å². The number of fused-ring (bicyclic) bond motifs is 1. The lowest BCUT2D eigenvalue weighted by Crippen LogP contribution is -2.44. The molecule has 0 unspecified atom stereocenters. The molecule has 0 spiro atoms. The maximum Gasteiger partial charge on any atom is 0.150 e. The van der Waals surface area contributed by atoms with Gasteiger partial charge in [-0.1, -0.05) is 31.8 Å². The Morgan fingerprint density at radius 1 is 1.03 bits per heavy atom. The van der Waals surface area contributed by atoms with E-state index in [2.05, 4.69) is 53.6 Å². The van der Waals surface area contributed by atoms with Crippen LogP contribution in [0, 0.1) is 0 Å². The summed E-state index contributed by atoms with van der Waals surface area (Å²) in [6, 6.07) is 11.0. The quantitative estimate of drug-likeness (QED) is 0.257. The van der Waals surface area contributed by atoms with E-state index in [9.17, 15) is 4.79 Å². The fourth-order valence-electron chi connectivity index (χ4n) is 3.93. The monoisotopic (exact) mass is 477 g/mol. The van der Waals surface area contributed by atoms with Gasteiger partial charge in [0.1, 0.15) is 18.8 Å². The van der Waals surface area contributed by atoms with E-state index in [0.717, 1.165) is 73.1 Å². The molecular weight excluding hydrogens is 442 g/mol. The lowest BCUT2D eigenvalue weighted by atomic mass is 10.1.